The summed E-state index contributed by atoms with van der Waals surface area (Å²) in [7, 11) is 0. The highest BCUT2D eigenvalue weighted by atomic mass is 19.1. The van der Waals surface area contributed by atoms with Crippen molar-refractivity contribution in [3.8, 4) is 11.5 Å². The van der Waals surface area contributed by atoms with Crippen molar-refractivity contribution in [1.29, 1.82) is 0 Å². The fourth-order valence-electron chi connectivity index (χ4n) is 8.21. The van der Waals surface area contributed by atoms with Crippen LogP contribution in [0, 0.1) is 5.82 Å². The zero-order valence-corrected chi connectivity index (χ0v) is 30.3. The molecule has 1 atom stereocenters. The molecule has 9 rings (SSSR count). The number of nitrogens with one attached hydrogen (secondary N) is 1. The van der Waals surface area contributed by atoms with E-state index in [0.29, 0.717) is 38.2 Å². The van der Waals surface area contributed by atoms with Crippen molar-refractivity contribution in [1.82, 2.24) is 20.1 Å². The molecular formula is C44H36FN5O6. The van der Waals surface area contributed by atoms with Crippen LogP contribution in [0.15, 0.2) is 91.0 Å². The van der Waals surface area contributed by atoms with Gasteiger partial charge in [0.25, 0.3) is 17.7 Å². The Kier molecular flexibility index (Phi) is 8.88. The lowest BCUT2D eigenvalue weighted by Gasteiger charge is -2.37. The third kappa shape index (κ3) is 6.26. The summed E-state index contributed by atoms with van der Waals surface area (Å²) in [6, 6.07) is 26.5. The lowest BCUT2D eigenvalue weighted by Crippen LogP contribution is -2.54. The van der Waals surface area contributed by atoms with Gasteiger partial charge in [0.15, 0.2) is 0 Å². The van der Waals surface area contributed by atoms with Gasteiger partial charge in [-0.3, -0.25) is 34.2 Å². The zero-order valence-electron chi connectivity index (χ0n) is 30.3. The number of nitrogens with zero attached hydrogens (tertiary/aromatic N) is 4. The summed E-state index contributed by atoms with van der Waals surface area (Å²) in [6.07, 6.45) is 4.52. The summed E-state index contributed by atoms with van der Waals surface area (Å²) in [4.78, 5) is 74.8. The number of hydrogen-bond donors (Lipinski definition) is 1. The molecule has 1 aromatic heterocycles. The second-order valence-corrected chi connectivity index (χ2v) is 14.4. The van der Waals surface area contributed by atoms with E-state index in [2.05, 4.69) is 11.4 Å². The van der Waals surface area contributed by atoms with Crippen LogP contribution in [0.2, 0.25) is 0 Å². The van der Waals surface area contributed by atoms with Gasteiger partial charge in [0.05, 0.1) is 33.6 Å². The molecule has 11 nitrogen and oxygen atoms in total. The second kappa shape index (κ2) is 14.2. The van der Waals surface area contributed by atoms with Crippen LogP contribution in [0.1, 0.15) is 73.6 Å². The maximum absolute atomic E-state index is 15.7. The third-order valence-electron chi connectivity index (χ3n) is 11.0. The number of hydrogen-bond acceptors (Lipinski definition) is 8. The van der Waals surface area contributed by atoms with Crippen molar-refractivity contribution < 1.29 is 33.1 Å². The molecule has 3 aliphatic heterocycles. The Morgan fingerprint density at radius 1 is 0.804 bits per heavy atom. The minimum absolute atomic E-state index is 0.00445. The lowest BCUT2D eigenvalue weighted by molar-refractivity contribution is -0.136. The number of piperazine rings is 1. The molecule has 12 heteroatoms. The number of rotatable bonds is 6. The van der Waals surface area contributed by atoms with Crippen LogP contribution in [0.3, 0.4) is 0 Å². The van der Waals surface area contributed by atoms with Crippen molar-refractivity contribution in [2.24, 2.45) is 0 Å². The van der Waals surface area contributed by atoms with Crippen molar-refractivity contribution in [3.63, 3.8) is 0 Å². The maximum atomic E-state index is 15.7. The molecule has 4 heterocycles. The average Bonchev–Trinajstić information content (AvgIpc) is 3.45. The number of pyridine rings is 1. The molecule has 0 spiro atoms. The van der Waals surface area contributed by atoms with E-state index < -0.39 is 35.5 Å². The normalized spacial score (nSPS) is 19.0. The number of carbonyl (C=O) groups excluding carboxylic acids is 5. The Hall–Kier alpha value is -6.69. The number of amides is 5. The summed E-state index contributed by atoms with van der Waals surface area (Å²) >= 11 is 0. The number of aromatic nitrogens is 1. The molecule has 2 fully saturated rings. The van der Waals surface area contributed by atoms with Crippen LogP contribution >= 0.6 is 0 Å². The zero-order chi connectivity index (χ0) is 38.5. The Morgan fingerprint density at radius 3 is 2.25 bits per heavy atom. The molecule has 0 bridgehead atoms. The molecule has 56 heavy (non-hydrogen) atoms. The van der Waals surface area contributed by atoms with Gasteiger partial charge in [-0.25, -0.2) is 9.37 Å². The molecule has 1 aliphatic carbocycles. The highest BCUT2D eigenvalue weighted by molar-refractivity contribution is 6.24. The number of anilines is 1. The quantitative estimate of drug-likeness (QED) is 0.198. The highest BCUT2D eigenvalue weighted by Gasteiger charge is 2.45. The number of benzene rings is 4. The molecule has 0 saturated carbocycles. The number of halogens is 1. The van der Waals surface area contributed by atoms with Gasteiger partial charge in [-0.15, -0.1) is 0 Å². The summed E-state index contributed by atoms with van der Waals surface area (Å²) in [5.41, 5.74) is 5.21. The number of ether oxygens (including phenoxy) is 1. The number of para-hydroxylation sites is 2. The number of imide groups is 2. The van der Waals surface area contributed by atoms with E-state index in [1.165, 1.54) is 6.07 Å². The molecule has 1 unspecified atom stereocenters. The first-order chi connectivity index (χ1) is 27.2. The van der Waals surface area contributed by atoms with Crippen LogP contribution in [0.5, 0.6) is 11.5 Å². The van der Waals surface area contributed by atoms with Crippen molar-refractivity contribution >= 4 is 57.8 Å². The number of allylic oxidation sites excluding steroid dienone is 1. The Balaban J connectivity index is 0.952. The predicted octanol–water partition coefficient (Wildman–Crippen LogP) is 6.41. The fourth-order valence-corrected chi connectivity index (χ4v) is 8.21. The Labute approximate surface area is 321 Å². The Morgan fingerprint density at radius 2 is 1.50 bits per heavy atom. The first-order valence-corrected chi connectivity index (χ1v) is 18.8. The van der Waals surface area contributed by atoms with E-state index in [9.17, 15) is 24.0 Å². The van der Waals surface area contributed by atoms with Crippen molar-refractivity contribution in [2.45, 2.75) is 38.1 Å². The molecule has 0 radical (unpaired) electrons. The van der Waals surface area contributed by atoms with Gasteiger partial charge in [-0.05, 0) is 90.9 Å². The smallest absolute Gasteiger partial charge is 0.262 e. The number of piperidine rings is 1. The summed E-state index contributed by atoms with van der Waals surface area (Å²) in [6.45, 7) is 1.19. The van der Waals surface area contributed by atoms with Gasteiger partial charge in [0, 0.05) is 38.0 Å². The topological polar surface area (TPSA) is 129 Å². The van der Waals surface area contributed by atoms with E-state index in [0.717, 1.165) is 68.6 Å². The van der Waals surface area contributed by atoms with Gasteiger partial charge in [-0.1, -0.05) is 48.5 Å². The Bertz CT molecular complexity index is 2490. The van der Waals surface area contributed by atoms with E-state index in [-0.39, 0.29) is 35.6 Å². The molecule has 4 aliphatic rings. The SMILES string of the molecule is O=C1CCC(N2C(=O)c3cc(F)c(N4CCN(C(=O)c5c6c(nc7ccccc57)C(=Cc5ccc(Oc7ccccc7)cc5)CCC6)CC4)cc3C2=O)C(=O)N1. The molecule has 5 aromatic rings. The summed E-state index contributed by atoms with van der Waals surface area (Å²) < 4.78 is 21.6. The highest BCUT2D eigenvalue weighted by Crippen LogP contribution is 2.38. The molecular weight excluding hydrogens is 714 g/mol. The first kappa shape index (κ1) is 35.0. The lowest BCUT2D eigenvalue weighted by atomic mass is 9.85. The van der Waals surface area contributed by atoms with Gasteiger partial charge >= 0.3 is 0 Å². The van der Waals surface area contributed by atoms with Crippen LogP contribution in [-0.4, -0.2) is 76.5 Å². The van der Waals surface area contributed by atoms with E-state index in [4.69, 9.17) is 9.72 Å². The second-order valence-electron chi connectivity index (χ2n) is 14.4. The van der Waals surface area contributed by atoms with Crippen LogP contribution in [0.25, 0.3) is 22.6 Å². The van der Waals surface area contributed by atoms with E-state index in [1.807, 2.05) is 78.9 Å². The van der Waals surface area contributed by atoms with Crippen LogP contribution < -0.4 is 15.0 Å². The van der Waals surface area contributed by atoms with Gasteiger partial charge in [0.2, 0.25) is 11.8 Å². The van der Waals surface area contributed by atoms with Crippen LogP contribution in [-0.2, 0) is 16.0 Å². The molecule has 2 saturated heterocycles. The third-order valence-corrected chi connectivity index (χ3v) is 11.0. The summed E-state index contributed by atoms with van der Waals surface area (Å²) in [5.74, 6) is -1.96. The molecule has 280 valence electrons. The first-order valence-electron chi connectivity index (χ1n) is 18.8. The van der Waals surface area contributed by atoms with Crippen LogP contribution in [0.4, 0.5) is 10.1 Å². The number of fused-ring (bicyclic) bond motifs is 3. The number of carbonyl (C=O) groups is 5. The monoisotopic (exact) mass is 749 g/mol. The van der Waals surface area contributed by atoms with Crippen molar-refractivity contribution in [3.05, 3.63) is 130 Å². The standard InChI is InChI=1S/C44H36FN5O6/c45-34-24-32-33(43(54)50(42(32)53)36-17-18-38(51)47-41(36)52)25-37(34)48-19-21-49(22-20-48)44(55)39-30-10-4-5-12-35(30)46-40-27(7-6-11-31(39)40)23-26-13-15-29(16-14-26)56-28-8-2-1-3-9-28/h1-5,8-10,12-16,23-25,36H,6-7,11,17-22H2,(H,47,51,52). The predicted molar refractivity (Wildman–Crippen MR) is 207 cm³/mol. The minimum atomic E-state index is -1.14. The molecule has 4 aromatic carbocycles. The van der Waals surface area contributed by atoms with E-state index >= 15 is 4.39 Å². The van der Waals surface area contributed by atoms with Crippen molar-refractivity contribution in [2.75, 3.05) is 31.1 Å². The minimum Gasteiger partial charge on any atom is -0.457 e. The maximum Gasteiger partial charge on any atom is 0.262 e. The average molecular weight is 750 g/mol. The molecule has 5 amide bonds. The van der Waals surface area contributed by atoms with Gasteiger partial charge in [0.1, 0.15) is 23.4 Å². The molecule has 1 N–H and O–H groups in total. The largest absolute Gasteiger partial charge is 0.457 e. The fraction of sp³-hybridized carbons (Fsp3) is 0.227. The summed E-state index contributed by atoms with van der Waals surface area (Å²) in [5, 5.41) is 2.96. The van der Waals surface area contributed by atoms with Gasteiger partial charge in [-0.2, -0.15) is 0 Å². The van der Waals surface area contributed by atoms with Gasteiger partial charge < -0.3 is 14.5 Å². The van der Waals surface area contributed by atoms with E-state index in [1.54, 1.807) is 9.80 Å².